The summed E-state index contributed by atoms with van der Waals surface area (Å²) >= 11 is 0. The van der Waals surface area contributed by atoms with Crippen molar-refractivity contribution in [3.8, 4) is 0 Å². The van der Waals surface area contributed by atoms with Gasteiger partial charge in [0, 0.05) is 6.42 Å². The van der Waals surface area contributed by atoms with Crippen LogP contribution in [-0.4, -0.2) is 68.5 Å². The van der Waals surface area contributed by atoms with Crippen LogP contribution in [0.5, 0.6) is 0 Å². The summed E-state index contributed by atoms with van der Waals surface area (Å²) < 4.78 is 23.5. The van der Waals surface area contributed by atoms with Crippen LogP contribution >= 0.6 is 7.82 Å². The molecule has 0 aromatic carbocycles. The van der Waals surface area contributed by atoms with E-state index in [4.69, 9.17) is 9.05 Å². The molecule has 0 aliphatic carbocycles. The largest absolute Gasteiger partial charge is 0.756 e. The number of phosphoric acid groups is 1. The first kappa shape index (κ1) is 69.7. The van der Waals surface area contributed by atoms with Crippen LogP contribution in [0.2, 0.25) is 0 Å². The summed E-state index contributed by atoms with van der Waals surface area (Å²) in [6, 6.07) is -0.806. The summed E-state index contributed by atoms with van der Waals surface area (Å²) in [5, 5.41) is 14.1. The number of phosphoric ester groups is 1. The Kier molecular flexibility index (Phi) is 52.6. The number of quaternary nitrogens is 1. The van der Waals surface area contributed by atoms with Crippen LogP contribution in [0.4, 0.5) is 0 Å². The number of carbonyl (C=O) groups is 1. The van der Waals surface area contributed by atoms with Crippen molar-refractivity contribution in [3.05, 3.63) is 36.5 Å². The number of nitrogens with zero attached hydrogens (tertiary/aromatic N) is 1. The van der Waals surface area contributed by atoms with Gasteiger partial charge in [-0.25, -0.2) is 0 Å². The van der Waals surface area contributed by atoms with E-state index in [-0.39, 0.29) is 19.1 Å². The van der Waals surface area contributed by atoms with Crippen molar-refractivity contribution in [1.29, 1.82) is 0 Å². The average molecular weight is 1020 g/mol. The molecule has 0 spiro atoms. The highest BCUT2D eigenvalue weighted by Gasteiger charge is 2.24. The third-order valence-electron chi connectivity index (χ3n) is 14.1. The topological polar surface area (TPSA) is 108 Å². The molecule has 0 aromatic heterocycles. The fraction of sp³-hybridized carbons (Fsp3) is 0.887. The van der Waals surface area contributed by atoms with Crippen molar-refractivity contribution in [2.45, 2.75) is 315 Å². The quantitative estimate of drug-likeness (QED) is 0.0272. The maximum Gasteiger partial charge on any atom is 0.268 e. The minimum atomic E-state index is -4.58. The van der Waals surface area contributed by atoms with E-state index >= 15 is 0 Å². The molecule has 420 valence electrons. The molecule has 0 rings (SSSR count). The van der Waals surface area contributed by atoms with Gasteiger partial charge in [-0.15, -0.1) is 0 Å². The predicted octanol–water partition coefficient (Wildman–Crippen LogP) is 18.3. The molecule has 0 radical (unpaired) electrons. The van der Waals surface area contributed by atoms with Crippen LogP contribution in [0.25, 0.3) is 0 Å². The Labute approximate surface area is 442 Å². The molecule has 0 saturated carbocycles. The third kappa shape index (κ3) is 56.3. The number of aliphatic hydroxyl groups is 1. The van der Waals surface area contributed by atoms with Gasteiger partial charge >= 0.3 is 0 Å². The number of allylic oxidation sites excluding steroid dienone is 6. The molecule has 9 heteroatoms. The molecule has 71 heavy (non-hydrogen) atoms. The molecule has 0 bridgehead atoms. The van der Waals surface area contributed by atoms with Crippen LogP contribution in [0.3, 0.4) is 0 Å². The van der Waals surface area contributed by atoms with Crippen LogP contribution < -0.4 is 10.2 Å². The van der Waals surface area contributed by atoms with Gasteiger partial charge in [0.2, 0.25) is 5.91 Å². The molecule has 0 aliphatic rings. The summed E-state index contributed by atoms with van der Waals surface area (Å²) in [6.07, 6.45) is 69.0. The zero-order valence-corrected chi connectivity index (χ0v) is 48.8. The minimum Gasteiger partial charge on any atom is -0.756 e. The standard InChI is InChI=1S/C62H121N2O6P/c1-6-8-10-12-14-16-18-20-22-24-26-28-30-31-32-34-35-37-39-41-43-45-47-49-51-53-55-61(65)60(59-70-71(67,68)69-58-57-64(3,4)5)63-62(66)56-54-52-50-48-46-44-42-40-38-36-33-29-27-25-23-21-19-17-15-13-11-9-7-2/h19,21,25,27,33,36,60-61,65H,6-18,20,22-24,26,28-32,34-35,37-59H2,1-5H3,(H-,63,66,67,68)/b21-19-,27-25-,36-33-. The Balaban J connectivity index is 4.14. The highest BCUT2D eigenvalue weighted by molar-refractivity contribution is 7.45. The number of unbranched alkanes of at least 4 members (excludes halogenated alkanes) is 38. The fourth-order valence-electron chi connectivity index (χ4n) is 9.29. The van der Waals surface area contributed by atoms with E-state index in [1.165, 1.54) is 218 Å². The van der Waals surface area contributed by atoms with Gasteiger partial charge in [0.15, 0.2) is 0 Å². The van der Waals surface area contributed by atoms with E-state index in [0.29, 0.717) is 23.9 Å². The highest BCUT2D eigenvalue weighted by atomic mass is 31.2. The molecule has 0 heterocycles. The normalized spacial score (nSPS) is 14.1. The van der Waals surface area contributed by atoms with Gasteiger partial charge in [-0.2, -0.15) is 0 Å². The summed E-state index contributed by atoms with van der Waals surface area (Å²) in [4.78, 5) is 25.6. The first-order chi connectivity index (χ1) is 34.5. The van der Waals surface area contributed by atoms with E-state index in [2.05, 4.69) is 55.6 Å². The zero-order valence-electron chi connectivity index (χ0n) is 47.9. The van der Waals surface area contributed by atoms with Gasteiger partial charge in [0.25, 0.3) is 7.82 Å². The zero-order chi connectivity index (χ0) is 52.0. The molecule has 8 nitrogen and oxygen atoms in total. The van der Waals surface area contributed by atoms with E-state index in [1.807, 2.05) is 21.1 Å². The van der Waals surface area contributed by atoms with Crippen molar-refractivity contribution in [2.75, 3.05) is 40.9 Å². The van der Waals surface area contributed by atoms with E-state index in [0.717, 1.165) is 57.8 Å². The number of carbonyl (C=O) groups excluding carboxylic acids is 1. The van der Waals surface area contributed by atoms with E-state index < -0.39 is 20.0 Å². The van der Waals surface area contributed by atoms with E-state index in [9.17, 15) is 19.4 Å². The van der Waals surface area contributed by atoms with Crippen LogP contribution in [-0.2, 0) is 18.4 Å². The molecule has 0 aromatic rings. The number of hydrogen-bond donors (Lipinski definition) is 2. The van der Waals surface area contributed by atoms with Gasteiger partial charge in [-0.1, -0.05) is 281 Å². The Morgan fingerprint density at radius 1 is 0.493 bits per heavy atom. The molecule has 3 atom stereocenters. The molecule has 0 saturated heterocycles. The lowest BCUT2D eigenvalue weighted by atomic mass is 10.0. The van der Waals surface area contributed by atoms with Crippen molar-refractivity contribution in [1.82, 2.24) is 5.32 Å². The second kappa shape index (κ2) is 53.5. The minimum absolute atomic E-state index is 0.0107. The van der Waals surface area contributed by atoms with Gasteiger partial charge in [-0.05, 0) is 51.4 Å². The first-order valence-corrected chi connectivity index (χ1v) is 32.3. The molecule has 2 N–H and O–H groups in total. The number of nitrogens with one attached hydrogen (secondary N) is 1. The Morgan fingerprint density at radius 3 is 1.18 bits per heavy atom. The van der Waals surface area contributed by atoms with Crippen molar-refractivity contribution in [2.24, 2.45) is 0 Å². The Bertz CT molecular complexity index is 1250. The monoisotopic (exact) mass is 1020 g/mol. The predicted molar refractivity (Wildman–Crippen MR) is 307 cm³/mol. The molecule has 1 amide bonds. The maximum atomic E-state index is 13.0. The van der Waals surface area contributed by atoms with Crippen molar-refractivity contribution < 1.29 is 32.9 Å². The van der Waals surface area contributed by atoms with Gasteiger partial charge in [-0.3, -0.25) is 9.36 Å². The second-order valence-electron chi connectivity index (χ2n) is 22.4. The molecular weight excluding hydrogens is 900 g/mol. The Hall–Kier alpha value is -1.28. The van der Waals surface area contributed by atoms with Crippen LogP contribution in [0, 0.1) is 0 Å². The van der Waals surface area contributed by atoms with Crippen molar-refractivity contribution >= 4 is 13.7 Å². The number of likely N-dealkylation sites (N-methyl/N-ethyl adjacent to an activating group) is 1. The van der Waals surface area contributed by atoms with Gasteiger partial charge < -0.3 is 28.8 Å². The Morgan fingerprint density at radius 2 is 0.817 bits per heavy atom. The molecule has 0 aliphatic heterocycles. The summed E-state index contributed by atoms with van der Waals surface area (Å²) in [7, 11) is 1.31. The number of hydrogen-bond acceptors (Lipinski definition) is 6. The second-order valence-corrected chi connectivity index (χ2v) is 23.8. The molecule has 0 fully saturated rings. The lowest BCUT2D eigenvalue weighted by Crippen LogP contribution is -2.46. The average Bonchev–Trinajstić information content (AvgIpc) is 3.33. The summed E-state index contributed by atoms with van der Waals surface area (Å²) in [5.41, 5.74) is 0. The molecule has 3 unspecified atom stereocenters. The number of amides is 1. The van der Waals surface area contributed by atoms with Crippen LogP contribution in [0.1, 0.15) is 303 Å². The van der Waals surface area contributed by atoms with Crippen molar-refractivity contribution in [3.63, 3.8) is 0 Å². The SMILES string of the molecule is CCCCCCC/C=C\C/C=C\C/C=C\CCCCCCCCCCC(=O)NC(COP(=O)([O-])OCC[N+](C)(C)C)C(O)CCCCCCCCCCCCCCCCCCCCCCCCCCCC. The fourth-order valence-corrected chi connectivity index (χ4v) is 10.0. The smallest absolute Gasteiger partial charge is 0.268 e. The lowest BCUT2D eigenvalue weighted by Gasteiger charge is -2.30. The summed E-state index contributed by atoms with van der Waals surface area (Å²) in [5.74, 6) is -0.168. The summed E-state index contributed by atoms with van der Waals surface area (Å²) in [6.45, 7) is 4.74. The maximum absolute atomic E-state index is 13.0. The number of aliphatic hydroxyl groups excluding tert-OH is 1. The lowest BCUT2D eigenvalue weighted by molar-refractivity contribution is -0.870. The van der Waals surface area contributed by atoms with E-state index in [1.54, 1.807) is 0 Å². The van der Waals surface area contributed by atoms with Gasteiger partial charge in [0.05, 0.1) is 39.9 Å². The molecular formula is C62H121N2O6P. The number of rotatable bonds is 57. The van der Waals surface area contributed by atoms with Gasteiger partial charge in [0.1, 0.15) is 13.2 Å². The van der Waals surface area contributed by atoms with Crippen LogP contribution in [0.15, 0.2) is 36.5 Å². The first-order valence-electron chi connectivity index (χ1n) is 30.8. The third-order valence-corrected chi connectivity index (χ3v) is 15.1. The highest BCUT2D eigenvalue weighted by Crippen LogP contribution is 2.38.